The average Bonchev–Trinajstić information content (AvgIpc) is 3.06. The van der Waals surface area contributed by atoms with Crippen molar-refractivity contribution in [2.75, 3.05) is 58.2 Å². The van der Waals surface area contributed by atoms with Crippen molar-refractivity contribution in [1.82, 2.24) is 16.0 Å². The van der Waals surface area contributed by atoms with Crippen molar-refractivity contribution in [2.24, 2.45) is 17.6 Å². The van der Waals surface area contributed by atoms with E-state index < -0.39 is 54.1 Å². The van der Waals surface area contributed by atoms with Crippen LogP contribution in [0.5, 0.6) is 0 Å². The molecule has 0 aliphatic carbocycles. The molecule has 16 nitrogen and oxygen atoms in total. The van der Waals surface area contributed by atoms with Crippen LogP contribution in [0.4, 0.5) is 5.69 Å². The first-order valence-electron chi connectivity index (χ1n) is 17.2. The van der Waals surface area contributed by atoms with Gasteiger partial charge >= 0.3 is 5.97 Å². The summed E-state index contributed by atoms with van der Waals surface area (Å²) in [5.41, 5.74) is 6.36. The zero-order valence-electron chi connectivity index (χ0n) is 30.7. The van der Waals surface area contributed by atoms with Gasteiger partial charge in [-0.2, -0.15) is 0 Å². The lowest BCUT2D eigenvalue weighted by Gasteiger charge is -2.22. The standard InChI is InChI=1S/C35H57N5O11/c1-23(2)11-13-47-15-17-49-19-20-50-18-16-48-14-12-31(42)37-25(5)32(43)38-26(6)33(44)40-29(21-30(36)41)34(45)39-28-9-7-27(8-10-28)22-51-35(46)24(3)4/h7-10,23-26,29H,11-22H2,1-6H3,(H2,36,41)(H,37,42)(H,38,43)(H,39,45)(H,40,44)/t25-,26-,29-/m0/s1. The monoisotopic (exact) mass is 723 g/mol. The molecular weight excluding hydrogens is 666 g/mol. The molecule has 0 saturated heterocycles. The Morgan fingerprint density at radius 1 is 0.647 bits per heavy atom. The highest BCUT2D eigenvalue weighted by molar-refractivity contribution is 6.00. The molecule has 0 spiro atoms. The topological polar surface area (TPSA) is 223 Å². The van der Waals surface area contributed by atoms with Crippen molar-refractivity contribution in [3.8, 4) is 0 Å². The predicted molar refractivity (Wildman–Crippen MR) is 188 cm³/mol. The van der Waals surface area contributed by atoms with E-state index in [0.29, 0.717) is 50.2 Å². The summed E-state index contributed by atoms with van der Waals surface area (Å²) in [5.74, 6) is -3.35. The third kappa shape index (κ3) is 21.6. The Morgan fingerprint density at radius 3 is 1.69 bits per heavy atom. The number of rotatable bonds is 27. The minimum absolute atomic E-state index is 0.00576. The van der Waals surface area contributed by atoms with Crippen LogP contribution in [0.25, 0.3) is 0 Å². The van der Waals surface area contributed by atoms with Crippen molar-refractivity contribution in [3.05, 3.63) is 29.8 Å². The van der Waals surface area contributed by atoms with Crippen molar-refractivity contribution in [2.45, 2.75) is 85.5 Å². The number of carbonyl (C=O) groups is 6. The first-order valence-corrected chi connectivity index (χ1v) is 17.2. The number of primary amides is 1. The molecule has 5 amide bonds. The summed E-state index contributed by atoms with van der Waals surface area (Å²) < 4.78 is 26.9. The number of hydrogen-bond donors (Lipinski definition) is 5. The second kappa shape index (κ2) is 25.8. The molecule has 0 aliphatic heterocycles. The van der Waals surface area contributed by atoms with Crippen LogP contribution >= 0.6 is 0 Å². The van der Waals surface area contributed by atoms with Crippen LogP contribution < -0.4 is 27.0 Å². The maximum Gasteiger partial charge on any atom is 0.308 e. The number of anilines is 1. The number of nitrogens with two attached hydrogens (primary N) is 1. The van der Waals surface area contributed by atoms with Gasteiger partial charge in [-0.15, -0.1) is 0 Å². The molecule has 0 saturated carbocycles. The van der Waals surface area contributed by atoms with E-state index in [-0.39, 0.29) is 38.1 Å². The second-order valence-electron chi connectivity index (χ2n) is 12.6. The first kappa shape index (κ1) is 44.9. The van der Waals surface area contributed by atoms with Gasteiger partial charge in [-0.3, -0.25) is 28.8 Å². The highest BCUT2D eigenvalue weighted by Crippen LogP contribution is 2.12. The minimum atomic E-state index is -1.33. The van der Waals surface area contributed by atoms with Crippen LogP contribution in [0.2, 0.25) is 0 Å². The van der Waals surface area contributed by atoms with Gasteiger partial charge in [-0.1, -0.05) is 39.8 Å². The molecule has 3 atom stereocenters. The van der Waals surface area contributed by atoms with Gasteiger partial charge in [0, 0.05) is 18.7 Å². The van der Waals surface area contributed by atoms with Gasteiger partial charge in [0.1, 0.15) is 24.7 Å². The second-order valence-corrected chi connectivity index (χ2v) is 12.6. The van der Waals surface area contributed by atoms with Crippen LogP contribution in [0.15, 0.2) is 24.3 Å². The molecule has 0 aromatic heterocycles. The SMILES string of the molecule is CC(C)CCOCCOCCOCCOCCC(=O)N[C@@H](C)C(=O)N[C@@H](C)C(=O)N[C@@H](CC(N)=O)C(=O)Nc1ccc(COC(=O)C(C)C)cc1. The summed E-state index contributed by atoms with van der Waals surface area (Å²) in [7, 11) is 0. The number of amides is 5. The number of ether oxygens (including phenoxy) is 5. The Hall–Kier alpha value is -4.12. The zero-order chi connectivity index (χ0) is 38.2. The summed E-state index contributed by atoms with van der Waals surface area (Å²) in [6, 6.07) is 3.02. The van der Waals surface area contributed by atoms with Gasteiger partial charge in [0.15, 0.2) is 0 Å². The molecule has 0 heterocycles. The smallest absolute Gasteiger partial charge is 0.308 e. The number of nitrogens with one attached hydrogen (secondary N) is 4. The van der Waals surface area contributed by atoms with Crippen LogP contribution in [-0.4, -0.2) is 106 Å². The van der Waals surface area contributed by atoms with Gasteiger partial charge < -0.3 is 50.7 Å². The lowest BCUT2D eigenvalue weighted by atomic mass is 10.1. The molecule has 51 heavy (non-hydrogen) atoms. The van der Waals surface area contributed by atoms with E-state index in [1.165, 1.54) is 13.8 Å². The van der Waals surface area contributed by atoms with Crippen LogP contribution in [0.1, 0.15) is 66.4 Å². The number of esters is 1. The molecule has 0 radical (unpaired) electrons. The zero-order valence-corrected chi connectivity index (χ0v) is 30.7. The van der Waals surface area contributed by atoms with Gasteiger partial charge in [0.2, 0.25) is 29.5 Å². The lowest BCUT2D eigenvalue weighted by Crippen LogP contribution is -2.55. The van der Waals surface area contributed by atoms with E-state index in [2.05, 4.69) is 35.1 Å². The van der Waals surface area contributed by atoms with E-state index >= 15 is 0 Å². The lowest BCUT2D eigenvalue weighted by molar-refractivity contribution is -0.148. The van der Waals surface area contributed by atoms with Crippen molar-refractivity contribution < 1.29 is 52.5 Å². The molecular formula is C35H57N5O11. The molecule has 0 aliphatic rings. The number of benzene rings is 1. The summed E-state index contributed by atoms with van der Waals surface area (Å²) in [6.07, 6.45) is 0.531. The fraction of sp³-hybridized carbons (Fsp3) is 0.657. The Bertz CT molecular complexity index is 1230. The highest BCUT2D eigenvalue weighted by atomic mass is 16.6. The molecule has 16 heteroatoms. The first-order chi connectivity index (χ1) is 24.2. The third-order valence-corrected chi connectivity index (χ3v) is 7.06. The fourth-order valence-corrected chi connectivity index (χ4v) is 3.97. The Morgan fingerprint density at radius 2 is 1.16 bits per heavy atom. The van der Waals surface area contributed by atoms with Gasteiger partial charge in [-0.25, -0.2) is 0 Å². The van der Waals surface area contributed by atoms with Crippen molar-refractivity contribution in [3.63, 3.8) is 0 Å². The quantitative estimate of drug-likeness (QED) is 0.0641. The van der Waals surface area contributed by atoms with E-state index in [4.69, 9.17) is 29.4 Å². The summed E-state index contributed by atoms with van der Waals surface area (Å²) in [6.45, 7) is 14.0. The molecule has 1 rings (SSSR count). The van der Waals surface area contributed by atoms with E-state index in [1.54, 1.807) is 38.1 Å². The maximum absolute atomic E-state index is 12.9. The summed E-state index contributed by atoms with van der Waals surface area (Å²) in [4.78, 5) is 74.0. The van der Waals surface area contributed by atoms with E-state index in [1.807, 2.05) is 0 Å². The van der Waals surface area contributed by atoms with E-state index in [9.17, 15) is 28.8 Å². The number of carbonyl (C=O) groups excluding carboxylic acids is 6. The van der Waals surface area contributed by atoms with Crippen LogP contribution in [-0.2, 0) is 59.1 Å². The third-order valence-electron chi connectivity index (χ3n) is 7.06. The van der Waals surface area contributed by atoms with Gasteiger partial charge in [-0.05, 0) is 43.9 Å². The summed E-state index contributed by atoms with van der Waals surface area (Å²) in [5, 5.41) is 10.0. The Labute approximate surface area is 300 Å². The molecule has 1 aromatic rings. The van der Waals surface area contributed by atoms with Crippen LogP contribution in [0, 0.1) is 11.8 Å². The van der Waals surface area contributed by atoms with Crippen LogP contribution in [0.3, 0.4) is 0 Å². The summed E-state index contributed by atoms with van der Waals surface area (Å²) >= 11 is 0. The molecule has 0 unspecified atom stereocenters. The predicted octanol–water partition coefficient (Wildman–Crippen LogP) is 1.20. The molecule has 288 valence electrons. The van der Waals surface area contributed by atoms with Gasteiger partial charge in [0.25, 0.3) is 0 Å². The fourth-order valence-electron chi connectivity index (χ4n) is 3.97. The molecule has 1 aromatic carbocycles. The largest absolute Gasteiger partial charge is 0.461 e. The minimum Gasteiger partial charge on any atom is -0.461 e. The Balaban J connectivity index is 2.36. The molecule has 6 N–H and O–H groups in total. The molecule has 0 fully saturated rings. The number of hydrogen-bond acceptors (Lipinski definition) is 11. The average molecular weight is 724 g/mol. The van der Waals surface area contributed by atoms with Crippen molar-refractivity contribution in [1.29, 1.82) is 0 Å². The Kier molecular flexibility index (Phi) is 22.7. The maximum atomic E-state index is 12.9. The van der Waals surface area contributed by atoms with Gasteiger partial charge in [0.05, 0.1) is 58.6 Å². The highest BCUT2D eigenvalue weighted by Gasteiger charge is 2.27. The van der Waals surface area contributed by atoms with Crippen molar-refractivity contribution >= 4 is 41.2 Å². The van der Waals surface area contributed by atoms with E-state index in [0.717, 1.165) is 13.0 Å². The normalized spacial score (nSPS) is 12.9. The molecule has 0 bridgehead atoms.